The number of unbranched alkanes of at least 4 members (excludes halogenated alkanes) is 12. The Bertz CT molecular complexity index is 1170. The molecule has 0 aliphatic heterocycles. The molecule has 6 heteroatoms. The van der Waals surface area contributed by atoms with Crippen LogP contribution in [0.2, 0.25) is 0 Å². The Hall–Kier alpha value is -3.67. The van der Waals surface area contributed by atoms with Crippen molar-refractivity contribution in [2.24, 2.45) is 0 Å². The Balaban J connectivity index is 4.56. The average Bonchev–Trinajstić information content (AvgIpc) is 3.19. The summed E-state index contributed by atoms with van der Waals surface area (Å²) in [5.41, 5.74) is 0. The number of rotatable bonds is 38. The minimum atomic E-state index is -0.826. The Kier molecular flexibility index (Phi) is 41.2. The van der Waals surface area contributed by atoms with Crippen molar-refractivity contribution in [3.63, 3.8) is 0 Å². The third-order valence-electron chi connectivity index (χ3n) is 8.79. The molecule has 1 atom stereocenters. The van der Waals surface area contributed by atoms with Gasteiger partial charge in [0.05, 0.1) is 6.42 Å². The summed E-state index contributed by atoms with van der Waals surface area (Å²) in [6.07, 6.45) is 57.0. The smallest absolute Gasteiger partial charge is 0.309 e. The molecule has 0 radical (unpaired) electrons. The molecule has 0 aromatic carbocycles. The van der Waals surface area contributed by atoms with Crippen molar-refractivity contribution in [1.29, 1.82) is 0 Å². The van der Waals surface area contributed by atoms with Gasteiger partial charge in [-0.2, -0.15) is 0 Å². The molecule has 316 valence electrons. The molecule has 0 aliphatic carbocycles. The summed E-state index contributed by atoms with van der Waals surface area (Å²) in [7, 11) is 0. The van der Waals surface area contributed by atoms with Crippen LogP contribution in [0.4, 0.5) is 0 Å². The van der Waals surface area contributed by atoms with E-state index in [1.54, 1.807) is 6.08 Å². The monoisotopic (exact) mass is 777 g/mol. The van der Waals surface area contributed by atoms with E-state index in [0.29, 0.717) is 6.42 Å². The summed E-state index contributed by atoms with van der Waals surface area (Å²) in [6, 6.07) is 0. The number of allylic oxidation sites excluding steroid dienone is 15. The molecule has 0 fully saturated rings. The minimum Gasteiger partial charge on any atom is -0.462 e. The molecule has 0 saturated heterocycles. The quantitative estimate of drug-likeness (QED) is 0.0269. The second-order valence-electron chi connectivity index (χ2n) is 14.2. The van der Waals surface area contributed by atoms with Crippen LogP contribution in [-0.2, 0) is 28.6 Å². The highest BCUT2D eigenvalue weighted by molar-refractivity contribution is 5.72. The van der Waals surface area contributed by atoms with Crippen molar-refractivity contribution in [3.05, 3.63) is 97.2 Å². The van der Waals surface area contributed by atoms with Crippen molar-refractivity contribution >= 4 is 17.9 Å². The van der Waals surface area contributed by atoms with E-state index in [4.69, 9.17) is 14.2 Å². The van der Waals surface area contributed by atoms with Gasteiger partial charge in [0.2, 0.25) is 0 Å². The molecule has 0 heterocycles. The summed E-state index contributed by atoms with van der Waals surface area (Å²) in [4.78, 5) is 37.6. The van der Waals surface area contributed by atoms with Gasteiger partial charge in [0, 0.05) is 12.8 Å². The molecule has 0 aliphatic rings. The third kappa shape index (κ3) is 41.5. The van der Waals surface area contributed by atoms with Gasteiger partial charge in [0.15, 0.2) is 6.10 Å². The van der Waals surface area contributed by atoms with Gasteiger partial charge in [-0.1, -0.05) is 169 Å². The largest absolute Gasteiger partial charge is 0.462 e. The lowest BCUT2D eigenvalue weighted by Crippen LogP contribution is -2.30. The summed E-state index contributed by atoms with van der Waals surface area (Å²) in [5.74, 6) is -1.09. The fourth-order valence-electron chi connectivity index (χ4n) is 5.49. The van der Waals surface area contributed by atoms with E-state index in [2.05, 4.69) is 106 Å². The highest BCUT2D eigenvalue weighted by Gasteiger charge is 2.19. The number of hydrogen-bond acceptors (Lipinski definition) is 6. The highest BCUT2D eigenvalue weighted by Crippen LogP contribution is 2.12. The maximum absolute atomic E-state index is 12.7. The van der Waals surface area contributed by atoms with E-state index in [0.717, 1.165) is 122 Å². The van der Waals surface area contributed by atoms with Crippen molar-refractivity contribution in [2.45, 2.75) is 187 Å². The van der Waals surface area contributed by atoms with Crippen LogP contribution in [0, 0.1) is 0 Å². The predicted octanol–water partition coefficient (Wildman–Crippen LogP) is 14.2. The van der Waals surface area contributed by atoms with Crippen LogP contribution >= 0.6 is 0 Å². The van der Waals surface area contributed by atoms with Crippen molar-refractivity contribution in [1.82, 2.24) is 0 Å². The maximum Gasteiger partial charge on any atom is 0.309 e. The molecule has 56 heavy (non-hydrogen) atoms. The fraction of sp³-hybridized carbons (Fsp3) is 0.620. The molecule has 1 unspecified atom stereocenters. The first kappa shape index (κ1) is 52.3. The molecule has 0 aromatic heterocycles. The molecule has 0 saturated carbocycles. The zero-order chi connectivity index (χ0) is 40.8. The first-order valence-corrected chi connectivity index (χ1v) is 22.2. The fourth-order valence-corrected chi connectivity index (χ4v) is 5.49. The highest BCUT2D eigenvalue weighted by atomic mass is 16.6. The van der Waals surface area contributed by atoms with Crippen LogP contribution in [0.15, 0.2) is 97.2 Å². The van der Waals surface area contributed by atoms with Crippen LogP contribution in [-0.4, -0.2) is 37.2 Å². The average molecular weight is 777 g/mol. The van der Waals surface area contributed by atoms with Crippen molar-refractivity contribution in [3.8, 4) is 0 Å². The Morgan fingerprint density at radius 2 is 0.768 bits per heavy atom. The van der Waals surface area contributed by atoms with E-state index in [1.165, 1.54) is 19.3 Å². The molecular weight excluding hydrogens is 697 g/mol. The summed E-state index contributed by atoms with van der Waals surface area (Å²) in [6.45, 7) is 6.25. The summed E-state index contributed by atoms with van der Waals surface area (Å²) in [5, 5.41) is 0. The van der Waals surface area contributed by atoms with Crippen LogP contribution in [0.1, 0.15) is 181 Å². The normalized spacial score (nSPS) is 13.0. The van der Waals surface area contributed by atoms with Crippen LogP contribution in [0.3, 0.4) is 0 Å². The summed E-state index contributed by atoms with van der Waals surface area (Å²) < 4.78 is 16.6. The van der Waals surface area contributed by atoms with Gasteiger partial charge < -0.3 is 14.2 Å². The number of hydrogen-bond donors (Lipinski definition) is 0. The molecule has 0 spiro atoms. The molecule has 0 bridgehead atoms. The predicted molar refractivity (Wildman–Crippen MR) is 237 cm³/mol. The van der Waals surface area contributed by atoms with Gasteiger partial charge >= 0.3 is 17.9 Å². The Morgan fingerprint density at radius 1 is 0.393 bits per heavy atom. The van der Waals surface area contributed by atoms with Crippen molar-refractivity contribution < 1.29 is 28.6 Å². The number of carbonyl (C=O) groups excluding carboxylic acids is 3. The van der Waals surface area contributed by atoms with Crippen LogP contribution in [0.5, 0.6) is 0 Å². The van der Waals surface area contributed by atoms with E-state index in [-0.39, 0.29) is 38.0 Å². The Labute approximate surface area is 343 Å². The van der Waals surface area contributed by atoms with E-state index in [1.807, 2.05) is 6.08 Å². The number of esters is 3. The lowest BCUT2D eigenvalue weighted by Gasteiger charge is -2.18. The molecule has 0 amide bonds. The topological polar surface area (TPSA) is 78.9 Å². The molecule has 0 N–H and O–H groups in total. The van der Waals surface area contributed by atoms with Gasteiger partial charge in [-0.3, -0.25) is 14.4 Å². The van der Waals surface area contributed by atoms with E-state index >= 15 is 0 Å². The van der Waals surface area contributed by atoms with E-state index in [9.17, 15) is 14.4 Å². The molecule has 0 rings (SSSR count). The molecule has 0 aromatic rings. The molecular formula is C50H80O6. The van der Waals surface area contributed by atoms with Crippen LogP contribution < -0.4 is 0 Å². The summed E-state index contributed by atoms with van der Waals surface area (Å²) >= 11 is 0. The van der Waals surface area contributed by atoms with Gasteiger partial charge in [-0.15, -0.1) is 0 Å². The number of ether oxygens (including phenoxy) is 3. The lowest BCUT2D eigenvalue weighted by atomic mass is 10.1. The second kappa shape index (κ2) is 44.0. The zero-order valence-corrected chi connectivity index (χ0v) is 35.9. The van der Waals surface area contributed by atoms with Gasteiger partial charge in [0.25, 0.3) is 0 Å². The van der Waals surface area contributed by atoms with Crippen LogP contribution in [0.25, 0.3) is 0 Å². The van der Waals surface area contributed by atoms with Crippen molar-refractivity contribution in [2.75, 3.05) is 13.2 Å². The lowest BCUT2D eigenvalue weighted by molar-refractivity contribution is -0.166. The van der Waals surface area contributed by atoms with Gasteiger partial charge in [-0.25, -0.2) is 0 Å². The second-order valence-corrected chi connectivity index (χ2v) is 14.2. The third-order valence-corrected chi connectivity index (χ3v) is 8.79. The Morgan fingerprint density at radius 3 is 1.29 bits per heavy atom. The minimum absolute atomic E-state index is 0.120. The van der Waals surface area contributed by atoms with Gasteiger partial charge in [-0.05, 0) is 89.9 Å². The first-order valence-electron chi connectivity index (χ1n) is 22.2. The zero-order valence-electron chi connectivity index (χ0n) is 35.9. The molecule has 6 nitrogen and oxygen atoms in total. The van der Waals surface area contributed by atoms with Gasteiger partial charge in [0.1, 0.15) is 13.2 Å². The maximum atomic E-state index is 12.7. The SMILES string of the molecule is CC/C=C\C/C=C\C/C=C\C/C=C\C/C=C\CC(=O)OCC(COC(=O)CCCCCCC/C=C\CCC)OC(=O)CCCCCCC/C=C\C/C=C\CCC. The standard InChI is InChI=1S/C50H80O6/c1-4-7-10-13-16-19-22-24-25-27-28-31-34-37-40-43-49(52)55-46-47(45-54-48(51)42-39-36-33-30-21-18-15-12-9-6-3)56-50(53)44-41-38-35-32-29-26-23-20-17-14-11-8-5-2/h7,10-12,14-16,19-20,23-25,28,31,37,40,47H,4-6,8-9,13,17-18,21-22,26-27,29-30,32-36,38-39,41-46H2,1-3H3/b10-7-,14-11-,15-12-,19-16-,23-20-,25-24-,31-28-,40-37-. The first-order chi connectivity index (χ1) is 27.5. The van der Waals surface area contributed by atoms with E-state index < -0.39 is 12.1 Å². The number of carbonyl (C=O) groups is 3.